The molecule has 140 valence electrons. The summed E-state index contributed by atoms with van der Waals surface area (Å²) in [5.74, 6) is -0.667. The van der Waals surface area contributed by atoms with Crippen molar-refractivity contribution in [1.29, 1.82) is 0 Å². The third-order valence-corrected chi connectivity index (χ3v) is 4.26. The zero-order valence-electron chi connectivity index (χ0n) is 16.5. The zero-order valence-corrected chi connectivity index (χ0v) is 16.5. The van der Waals surface area contributed by atoms with E-state index in [2.05, 4.69) is 4.98 Å². The molecule has 1 aromatic rings. The average Bonchev–Trinajstić information content (AvgIpc) is 2.84. The number of Topliss-reactive ketones (excluding diaryl/α,β-unsaturated/α-hetero) is 1. The molecule has 0 saturated heterocycles. The molecule has 0 unspecified atom stereocenters. The normalized spacial score (nSPS) is 12.4. The topological polar surface area (TPSA) is 79.5 Å². The highest BCUT2D eigenvalue weighted by molar-refractivity contribution is 6.06. The van der Waals surface area contributed by atoms with E-state index in [1.54, 1.807) is 25.7 Å². The van der Waals surface area contributed by atoms with Crippen LogP contribution in [0.15, 0.2) is 0 Å². The number of amides is 1. The van der Waals surface area contributed by atoms with Crippen LogP contribution in [0.5, 0.6) is 0 Å². The number of aromatic nitrogens is 1. The SMILES string of the molecule is COC(=O)c1[nH]c(C)c(C(=O)[C@H](C)N(CC(C)C)C(=O)C(C)C)c1C. The Balaban J connectivity index is 3.26. The van der Waals surface area contributed by atoms with E-state index in [1.807, 2.05) is 27.7 Å². The molecule has 0 saturated carbocycles. The molecule has 0 radical (unpaired) electrons. The van der Waals surface area contributed by atoms with Gasteiger partial charge in [0.1, 0.15) is 5.69 Å². The van der Waals surface area contributed by atoms with Crippen LogP contribution in [0.1, 0.15) is 66.7 Å². The average molecular weight is 350 g/mol. The van der Waals surface area contributed by atoms with Gasteiger partial charge in [-0.1, -0.05) is 27.7 Å². The molecular weight excluding hydrogens is 320 g/mol. The number of aromatic amines is 1. The fourth-order valence-corrected chi connectivity index (χ4v) is 2.94. The van der Waals surface area contributed by atoms with Crippen molar-refractivity contribution in [2.24, 2.45) is 11.8 Å². The summed E-state index contributed by atoms with van der Waals surface area (Å²) in [5.41, 5.74) is 1.90. The first-order valence-electron chi connectivity index (χ1n) is 8.65. The smallest absolute Gasteiger partial charge is 0.354 e. The molecule has 0 bridgehead atoms. The van der Waals surface area contributed by atoms with Crippen molar-refractivity contribution < 1.29 is 19.1 Å². The maximum Gasteiger partial charge on any atom is 0.354 e. The van der Waals surface area contributed by atoms with Crippen molar-refractivity contribution in [1.82, 2.24) is 9.88 Å². The minimum Gasteiger partial charge on any atom is -0.464 e. The Hall–Kier alpha value is -2.11. The van der Waals surface area contributed by atoms with E-state index in [1.165, 1.54) is 7.11 Å². The first-order valence-corrected chi connectivity index (χ1v) is 8.65. The number of hydrogen-bond acceptors (Lipinski definition) is 4. The standard InChI is InChI=1S/C19H30N2O4/c1-10(2)9-21(18(23)11(3)4)14(7)17(22)15-12(5)16(19(24)25-8)20-13(15)6/h10-11,14,20H,9H2,1-8H3/t14-/m0/s1. The second-order valence-electron chi connectivity index (χ2n) is 7.20. The van der Waals surface area contributed by atoms with Crippen LogP contribution in [0.4, 0.5) is 0 Å². The van der Waals surface area contributed by atoms with Gasteiger partial charge < -0.3 is 14.6 Å². The van der Waals surface area contributed by atoms with Gasteiger partial charge in [0.05, 0.1) is 13.2 Å². The van der Waals surface area contributed by atoms with E-state index in [4.69, 9.17) is 4.74 Å². The Morgan fingerprint density at radius 1 is 1.08 bits per heavy atom. The largest absolute Gasteiger partial charge is 0.464 e. The number of esters is 1. The van der Waals surface area contributed by atoms with E-state index in [0.717, 1.165) is 0 Å². The first-order chi connectivity index (χ1) is 11.5. The third-order valence-electron chi connectivity index (χ3n) is 4.26. The maximum absolute atomic E-state index is 13.1. The van der Waals surface area contributed by atoms with Gasteiger partial charge in [-0.15, -0.1) is 0 Å². The van der Waals surface area contributed by atoms with Crippen LogP contribution in [-0.2, 0) is 9.53 Å². The highest BCUT2D eigenvalue weighted by atomic mass is 16.5. The molecule has 1 aromatic heterocycles. The fraction of sp³-hybridized carbons (Fsp3) is 0.632. The summed E-state index contributed by atoms with van der Waals surface area (Å²) in [7, 11) is 1.30. The number of hydrogen-bond donors (Lipinski definition) is 1. The summed E-state index contributed by atoms with van der Waals surface area (Å²) in [6.45, 7) is 13.4. The fourth-order valence-electron chi connectivity index (χ4n) is 2.94. The Morgan fingerprint density at radius 2 is 1.64 bits per heavy atom. The summed E-state index contributed by atoms with van der Waals surface area (Å²) in [6.07, 6.45) is 0. The van der Waals surface area contributed by atoms with E-state index in [0.29, 0.717) is 23.4 Å². The van der Waals surface area contributed by atoms with Gasteiger partial charge in [0, 0.05) is 23.7 Å². The van der Waals surface area contributed by atoms with Gasteiger partial charge in [-0.2, -0.15) is 0 Å². The highest BCUT2D eigenvalue weighted by Crippen LogP contribution is 2.23. The minimum absolute atomic E-state index is 0.0476. The molecule has 0 aliphatic rings. The van der Waals surface area contributed by atoms with Crippen molar-refractivity contribution in [2.45, 2.75) is 54.5 Å². The minimum atomic E-state index is -0.601. The lowest BCUT2D eigenvalue weighted by molar-refractivity contribution is -0.136. The quantitative estimate of drug-likeness (QED) is 0.605. The number of ketones is 1. The Labute approximate surface area is 149 Å². The zero-order chi connectivity index (χ0) is 19.5. The van der Waals surface area contributed by atoms with Gasteiger partial charge in [-0.05, 0) is 32.3 Å². The van der Waals surface area contributed by atoms with Crippen LogP contribution in [0, 0.1) is 25.7 Å². The van der Waals surface area contributed by atoms with Crippen LogP contribution < -0.4 is 0 Å². The number of nitrogens with zero attached hydrogens (tertiary/aromatic N) is 1. The number of carbonyl (C=O) groups is 3. The molecule has 6 heteroatoms. The van der Waals surface area contributed by atoms with Crippen LogP contribution in [0.3, 0.4) is 0 Å². The molecule has 0 aliphatic carbocycles. The van der Waals surface area contributed by atoms with Gasteiger partial charge in [-0.3, -0.25) is 9.59 Å². The number of carbonyl (C=O) groups excluding carboxylic acids is 3. The van der Waals surface area contributed by atoms with Crippen LogP contribution in [-0.4, -0.2) is 47.2 Å². The lowest BCUT2D eigenvalue weighted by atomic mass is 9.98. The van der Waals surface area contributed by atoms with E-state index >= 15 is 0 Å². The van der Waals surface area contributed by atoms with Gasteiger partial charge in [0.15, 0.2) is 5.78 Å². The Kier molecular flexibility index (Phi) is 6.96. The summed E-state index contributed by atoms with van der Waals surface area (Å²) in [5, 5.41) is 0. The molecule has 0 spiro atoms. The number of nitrogens with one attached hydrogen (secondary N) is 1. The van der Waals surface area contributed by atoms with Gasteiger partial charge >= 0.3 is 5.97 Å². The number of methoxy groups -OCH3 is 1. The van der Waals surface area contributed by atoms with Crippen LogP contribution >= 0.6 is 0 Å². The monoisotopic (exact) mass is 350 g/mol. The van der Waals surface area contributed by atoms with Crippen molar-refractivity contribution >= 4 is 17.7 Å². The van der Waals surface area contributed by atoms with Gasteiger partial charge in [0.2, 0.25) is 5.91 Å². The number of H-pyrrole nitrogens is 1. The van der Waals surface area contributed by atoms with Gasteiger partial charge in [-0.25, -0.2) is 4.79 Å². The summed E-state index contributed by atoms with van der Waals surface area (Å²) >= 11 is 0. The number of ether oxygens (including phenoxy) is 1. The van der Waals surface area contributed by atoms with Crippen LogP contribution in [0.25, 0.3) is 0 Å². The molecule has 1 N–H and O–H groups in total. The Morgan fingerprint density at radius 3 is 2.08 bits per heavy atom. The van der Waals surface area contributed by atoms with E-state index < -0.39 is 12.0 Å². The third kappa shape index (κ3) is 4.50. The first kappa shape index (κ1) is 20.9. The number of rotatable bonds is 7. The Bertz CT molecular complexity index is 659. The van der Waals surface area contributed by atoms with Crippen molar-refractivity contribution in [3.05, 3.63) is 22.5 Å². The molecule has 0 fully saturated rings. The van der Waals surface area contributed by atoms with Crippen molar-refractivity contribution in [3.8, 4) is 0 Å². The lowest BCUT2D eigenvalue weighted by Gasteiger charge is -2.31. The van der Waals surface area contributed by atoms with E-state index in [9.17, 15) is 14.4 Å². The number of aryl methyl sites for hydroxylation is 1. The van der Waals surface area contributed by atoms with Gasteiger partial charge in [0.25, 0.3) is 0 Å². The predicted octanol–water partition coefficient (Wildman–Crippen LogP) is 3.13. The summed E-state index contributed by atoms with van der Waals surface area (Å²) < 4.78 is 4.75. The maximum atomic E-state index is 13.1. The molecule has 1 heterocycles. The second-order valence-corrected chi connectivity index (χ2v) is 7.20. The molecule has 1 amide bonds. The highest BCUT2D eigenvalue weighted by Gasteiger charge is 2.32. The summed E-state index contributed by atoms with van der Waals surface area (Å²) in [6, 6.07) is -0.601. The molecule has 0 aromatic carbocycles. The lowest BCUT2D eigenvalue weighted by Crippen LogP contribution is -2.47. The van der Waals surface area contributed by atoms with Crippen molar-refractivity contribution in [2.75, 3.05) is 13.7 Å². The predicted molar refractivity (Wildman–Crippen MR) is 96.8 cm³/mol. The molecule has 6 nitrogen and oxygen atoms in total. The van der Waals surface area contributed by atoms with Crippen LogP contribution in [0.2, 0.25) is 0 Å². The molecular formula is C19H30N2O4. The van der Waals surface area contributed by atoms with E-state index in [-0.39, 0.29) is 29.2 Å². The molecule has 0 aliphatic heterocycles. The second kappa shape index (κ2) is 8.32. The summed E-state index contributed by atoms with van der Waals surface area (Å²) in [4.78, 5) is 42.1. The molecule has 1 atom stereocenters. The molecule has 1 rings (SSSR count). The van der Waals surface area contributed by atoms with Crippen molar-refractivity contribution in [3.63, 3.8) is 0 Å². The molecule has 25 heavy (non-hydrogen) atoms.